The van der Waals surface area contributed by atoms with Gasteiger partial charge < -0.3 is 10.1 Å². The van der Waals surface area contributed by atoms with Crippen molar-refractivity contribution < 1.29 is 9.53 Å². The van der Waals surface area contributed by atoms with Crippen molar-refractivity contribution in [2.24, 2.45) is 0 Å². The zero-order chi connectivity index (χ0) is 14.4. The van der Waals surface area contributed by atoms with Crippen LogP contribution in [-0.4, -0.2) is 13.0 Å². The van der Waals surface area contributed by atoms with Crippen LogP contribution in [0.1, 0.15) is 17.4 Å². The SMILES string of the molecule is COc1ccc(CNC(=O)/C(C)=C/c2cccs2)cc1. The van der Waals surface area contributed by atoms with E-state index in [0.717, 1.165) is 16.2 Å². The fraction of sp³-hybridized carbons (Fsp3) is 0.188. The Kier molecular flexibility index (Phi) is 4.96. The molecule has 0 radical (unpaired) electrons. The minimum Gasteiger partial charge on any atom is -0.497 e. The molecule has 0 bridgehead atoms. The summed E-state index contributed by atoms with van der Waals surface area (Å²) < 4.78 is 5.10. The van der Waals surface area contributed by atoms with Crippen molar-refractivity contribution in [3.63, 3.8) is 0 Å². The van der Waals surface area contributed by atoms with Crippen molar-refractivity contribution in [3.8, 4) is 5.75 Å². The summed E-state index contributed by atoms with van der Waals surface area (Å²) in [4.78, 5) is 13.1. The monoisotopic (exact) mass is 287 g/mol. The molecular formula is C16H17NO2S. The molecule has 0 aliphatic heterocycles. The summed E-state index contributed by atoms with van der Waals surface area (Å²) in [6, 6.07) is 11.6. The van der Waals surface area contributed by atoms with Crippen LogP contribution in [0.2, 0.25) is 0 Å². The maximum absolute atomic E-state index is 12.0. The molecule has 2 aromatic rings. The van der Waals surface area contributed by atoms with E-state index in [2.05, 4.69) is 5.32 Å². The molecule has 20 heavy (non-hydrogen) atoms. The number of rotatable bonds is 5. The van der Waals surface area contributed by atoms with Gasteiger partial charge in [-0.05, 0) is 42.1 Å². The molecule has 1 amide bonds. The molecule has 0 fully saturated rings. The van der Waals surface area contributed by atoms with Gasteiger partial charge in [-0.3, -0.25) is 4.79 Å². The predicted octanol–water partition coefficient (Wildman–Crippen LogP) is 3.48. The Morgan fingerprint density at radius 1 is 1.30 bits per heavy atom. The zero-order valence-electron chi connectivity index (χ0n) is 11.6. The molecular weight excluding hydrogens is 270 g/mol. The van der Waals surface area contributed by atoms with E-state index in [1.807, 2.05) is 54.8 Å². The standard InChI is InChI=1S/C16H17NO2S/c1-12(10-15-4-3-9-20-15)16(18)17-11-13-5-7-14(19-2)8-6-13/h3-10H,11H2,1-2H3,(H,17,18)/b12-10+. The molecule has 0 atom stereocenters. The first-order valence-electron chi connectivity index (χ1n) is 6.32. The van der Waals surface area contributed by atoms with Crippen LogP contribution in [0.3, 0.4) is 0 Å². The molecule has 1 aromatic heterocycles. The molecule has 1 heterocycles. The highest BCUT2D eigenvalue weighted by Gasteiger charge is 2.04. The maximum Gasteiger partial charge on any atom is 0.247 e. The van der Waals surface area contributed by atoms with Crippen LogP contribution in [0, 0.1) is 0 Å². The van der Waals surface area contributed by atoms with Gasteiger partial charge in [-0.15, -0.1) is 11.3 Å². The van der Waals surface area contributed by atoms with Gasteiger partial charge in [0.2, 0.25) is 5.91 Å². The number of methoxy groups -OCH3 is 1. The third kappa shape index (κ3) is 3.96. The van der Waals surface area contributed by atoms with Crippen molar-refractivity contribution in [1.29, 1.82) is 0 Å². The van der Waals surface area contributed by atoms with Gasteiger partial charge in [-0.1, -0.05) is 18.2 Å². The molecule has 2 rings (SSSR count). The number of hydrogen-bond acceptors (Lipinski definition) is 3. The lowest BCUT2D eigenvalue weighted by Crippen LogP contribution is -2.23. The molecule has 4 heteroatoms. The molecule has 0 saturated heterocycles. The van der Waals surface area contributed by atoms with Crippen molar-refractivity contribution in [3.05, 3.63) is 57.8 Å². The second-order valence-electron chi connectivity index (χ2n) is 4.37. The summed E-state index contributed by atoms with van der Waals surface area (Å²) in [7, 11) is 1.63. The highest BCUT2D eigenvalue weighted by molar-refractivity contribution is 7.10. The summed E-state index contributed by atoms with van der Waals surface area (Å²) in [5.74, 6) is 0.767. The zero-order valence-corrected chi connectivity index (χ0v) is 12.4. The number of carbonyl (C=O) groups is 1. The van der Waals surface area contributed by atoms with E-state index >= 15 is 0 Å². The molecule has 0 aliphatic carbocycles. The third-order valence-electron chi connectivity index (χ3n) is 2.87. The summed E-state index contributed by atoms with van der Waals surface area (Å²) in [5.41, 5.74) is 1.75. The van der Waals surface area contributed by atoms with Crippen LogP contribution < -0.4 is 10.1 Å². The Morgan fingerprint density at radius 3 is 2.65 bits per heavy atom. The van der Waals surface area contributed by atoms with Crippen molar-refractivity contribution in [1.82, 2.24) is 5.32 Å². The Bertz CT molecular complexity index is 585. The number of thiophene rings is 1. The average Bonchev–Trinajstić information content (AvgIpc) is 2.98. The summed E-state index contributed by atoms with van der Waals surface area (Å²) in [6.07, 6.45) is 1.90. The average molecular weight is 287 g/mol. The van der Waals surface area contributed by atoms with E-state index in [0.29, 0.717) is 12.1 Å². The molecule has 1 N–H and O–H groups in total. The van der Waals surface area contributed by atoms with Gasteiger partial charge in [0.25, 0.3) is 0 Å². The minimum absolute atomic E-state index is 0.0470. The van der Waals surface area contributed by atoms with Gasteiger partial charge in [0.15, 0.2) is 0 Å². The smallest absolute Gasteiger partial charge is 0.247 e. The van der Waals surface area contributed by atoms with Crippen molar-refractivity contribution in [2.75, 3.05) is 7.11 Å². The molecule has 1 aromatic carbocycles. The highest BCUT2D eigenvalue weighted by Crippen LogP contribution is 2.14. The Labute approximate surface area is 122 Å². The number of hydrogen-bond donors (Lipinski definition) is 1. The molecule has 0 spiro atoms. The number of ether oxygens (including phenoxy) is 1. The van der Waals surface area contributed by atoms with Gasteiger partial charge in [0.1, 0.15) is 5.75 Å². The highest BCUT2D eigenvalue weighted by atomic mass is 32.1. The minimum atomic E-state index is -0.0470. The molecule has 0 saturated carbocycles. The van der Waals surface area contributed by atoms with Crippen molar-refractivity contribution >= 4 is 23.3 Å². The van der Waals surface area contributed by atoms with Gasteiger partial charge in [-0.2, -0.15) is 0 Å². The Hall–Kier alpha value is -2.07. The van der Waals surface area contributed by atoms with Crippen LogP contribution in [0.15, 0.2) is 47.4 Å². The summed E-state index contributed by atoms with van der Waals surface area (Å²) in [5, 5.41) is 4.90. The maximum atomic E-state index is 12.0. The molecule has 104 valence electrons. The van der Waals surface area contributed by atoms with Gasteiger partial charge in [-0.25, -0.2) is 0 Å². The normalized spacial score (nSPS) is 11.2. The molecule has 0 unspecified atom stereocenters. The Balaban J connectivity index is 1.91. The second-order valence-corrected chi connectivity index (χ2v) is 5.35. The lowest BCUT2D eigenvalue weighted by Gasteiger charge is -2.06. The first-order chi connectivity index (χ1) is 9.69. The van der Waals surface area contributed by atoms with E-state index in [1.165, 1.54) is 0 Å². The van der Waals surface area contributed by atoms with Gasteiger partial charge in [0, 0.05) is 17.0 Å². The largest absolute Gasteiger partial charge is 0.497 e. The van der Waals surface area contributed by atoms with E-state index in [-0.39, 0.29) is 5.91 Å². The number of amides is 1. The summed E-state index contributed by atoms with van der Waals surface area (Å²) in [6.45, 7) is 2.33. The third-order valence-corrected chi connectivity index (χ3v) is 3.69. The van der Waals surface area contributed by atoms with E-state index in [4.69, 9.17) is 4.74 Å². The number of carbonyl (C=O) groups excluding carboxylic acids is 1. The first kappa shape index (κ1) is 14.3. The van der Waals surface area contributed by atoms with E-state index in [9.17, 15) is 4.79 Å². The van der Waals surface area contributed by atoms with E-state index < -0.39 is 0 Å². The van der Waals surface area contributed by atoms with Crippen LogP contribution in [0.5, 0.6) is 5.75 Å². The van der Waals surface area contributed by atoms with Crippen molar-refractivity contribution in [2.45, 2.75) is 13.5 Å². The quantitative estimate of drug-likeness (QED) is 0.855. The van der Waals surface area contributed by atoms with E-state index in [1.54, 1.807) is 18.4 Å². The van der Waals surface area contributed by atoms with Gasteiger partial charge >= 0.3 is 0 Å². The fourth-order valence-corrected chi connectivity index (χ4v) is 2.43. The Morgan fingerprint density at radius 2 is 2.05 bits per heavy atom. The number of nitrogens with one attached hydrogen (secondary N) is 1. The van der Waals surface area contributed by atoms with Gasteiger partial charge in [0.05, 0.1) is 7.11 Å². The number of benzene rings is 1. The van der Waals surface area contributed by atoms with Crippen LogP contribution in [0.4, 0.5) is 0 Å². The van der Waals surface area contributed by atoms with Crippen LogP contribution >= 0.6 is 11.3 Å². The summed E-state index contributed by atoms with van der Waals surface area (Å²) >= 11 is 1.62. The topological polar surface area (TPSA) is 38.3 Å². The second kappa shape index (κ2) is 6.91. The molecule has 3 nitrogen and oxygen atoms in total. The lowest BCUT2D eigenvalue weighted by molar-refractivity contribution is -0.117. The lowest BCUT2D eigenvalue weighted by atomic mass is 10.2. The fourth-order valence-electron chi connectivity index (χ4n) is 1.72. The van der Waals surface area contributed by atoms with Crippen LogP contribution in [-0.2, 0) is 11.3 Å². The first-order valence-corrected chi connectivity index (χ1v) is 7.20. The predicted molar refractivity (Wildman–Crippen MR) is 82.8 cm³/mol. The molecule has 0 aliphatic rings. The van der Waals surface area contributed by atoms with Crippen LogP contribution in [0.25, 0.3) is 6.08 Å².